The van der Waals surface area contributed by atoms with Crippen LogP contribution in [0.4, 0.5) is 4.39 Å². The molecule has 2 rings (SSSR count). The molecule has 1 aliphatic rings. The Hall–Kier alpha value is -0.930. The molecule has 0 saturated heterocycles. The molecule has 1 aliphatic heterocycles. The molecule has 0 spiro atoms. The predicted molar refractivity (Wildman–Crippen MR) is 59.2 cm³/mol. The van der Waals surface area contributed by atoms with E-state index < -0.39 is 0 Å². The molecule has 0 unspecified atom stereocenters. The monoisotopic (exact) mass is 208 g/mol. The van der Waals surface area contributed by atoms with Gasteiger partial charge in [-0.25, -0.2) is 4.39 Å². The molecule has 2 nitrogen and oxygen atoms in total. The molecule has 1 atom stereocenters. The Labute approximate surface area is 90.1 Å². The zero-order valence-corrected chi connectivity index (χ0v) is 9.26. The summed E-state index contributed by atoms with van der Waals surface area (Å²) in [5.74, 6) is -0.140. The third kappa shape index (κ3) is 2.19. The summed E-state index contributed by atoms with van der Waals surface area (Å²) in [5.41, 5.74) is 2.35. The fraction of sp³-hybridized carbons (Fsp3) is 0.500. The number of halogens is 1. The molecule has 1 heterocycles. The van der Waals surface area contributed by atoms with Crippen LogP contribution in [0.25, 0.3) is 0 Å². The zero-order valence-electron chi connectivity index (χ0n) is 9.26. The quantitative estimate of drug-likeness (QED) is 0.758. The molecule has 0 aliphatic carbocycles. The smallest absolute Gasteiger partial charge is 0.123 e. The second-order valence-electron chi connectivity index (χ2n) is 4.21. The number of benzene rings is 1. The van der Waals surface area contributed by atoms with Crippen molar-refractivity contribution in [1.82, 2.24) is 10.2 Å². The maximum atomic E-state index is 13.2. The third-order valence-electron chi connectivity index (χ3n) is 3.07. The van der Waals surface area contributed by atoms with Crippen molar-refractivity contribution in [2.45, 2.75) is 19.0 Å². The first-order valence-corrected chi connectivity index (χ1v) is 5.35. The van der Waals surface area contributed by atoms with Crippen molar-refractivity contribution < 1.29 is 4.39 Å². The van der Waals surface area contributed by atoms with Crippen LogP contribution < -0.4 is 5.32 Å². The van der Waals surface area contributed by atoms with Crippen molar-refractivity contribution in [1.29, 1.82) is 0 Å². The van der Waals surface area contributed by atoms with E-state index in [1.54, 1.807) is 12.1 Å². The number of rotatable bonds is 1. The highest BCUT2D eigenvalue weighted by molar-refractivity contribution is 5.31. The largest absolute Gasteiger partial charge is 0.313 e. The van der Waals surface area contributed by atoms with Gasteiger partial charge in [0.25, 0.3) is 0 Å². The van der Waals surface area contributed by atoms with Gasteiger partial charge in [0.1, 0.15) is 5.82 Å². The van der Waals surface area contributed by atoms with Crippen molar-refractivity contribution in [2.24, 2.45) is 0 Å². The van der Waals surface area contributed by atoms with Crippen LogP contribution in [0.5, 0.6) is 0 Å². The Morgan fingerprint density at radius 1 is 1.47 bits per heavy atom. The highest BCUT2D eigenvalue weighted by Gasteiger charge is 2.19. The van der Waals surface area contributed by atoms with Gasteiger partial charge in [0.05, 0.1) is 0 Å². The van der Waals surface area contributed by atoms with Crippen molar-refractivity contribution >= 4 is 0 Å². The molecule has 1 aromatic rings. The highest BCUT2D eigenvalue weighted by atomic mass is 19.1. The minimum Gasteiger partial charge on any atom is -0.313 e. The van der Waals surface area contributed by atoms with Crippen LogP contribution in [-0.4, -0.2) is 25.5 Å². The summed E-state index contributed by atoms with van der Waals surface area (Å²) in [6.07, 6.45) is 1.03. The Bertz CT molecular complexity index is 351. The van der Waals surface area contributed by atoms with Gasteiger partial charge < -0.3 is 10.2 Å². The summed E-state index contributed by atoms with van der Waals surface area (Å²) in [6, 6.07) is 5.39. The maximum Gasteiger partial charge on any atom is 0.123 e. The Morgan fingerprint density at radius 2 is 2.27 bits per heavy atom. The normalized spacial score (nSPS) is 22.2. The van der Waals surface area contributed by atoms with Gasteiger partial charge in [0, 0.05) is 12.6 Å². The zero-order chi connectivity index (χ0) is 10.8. The number of hydrogen-bond donors (Lipinski definition) is 1. The van der Waals surface area contributed by atoms with Gasteiger partial charge in [0.15, 0.2) is 0 Å². The lowest BCUT2D eigenvalue weighted by Crippen LogP contribution is -2.20. The standard InChI is InChI=1S/C12H17FN2/c1-14-12-5-6-15(2)8-9-3-4-10(13)7-11(9)12/h3-4,7,12,14H,5-6,8H2,1-2H3/t12-/m0/s1. The van der Waals surface area contributed by atoms with Crippen molar-refractivity contribution in [3.05, 3.63) is 35.1 Å². The second kappa shape index (κ2) is 4.29. The summed E-state index contributed by atoms with van der Waals surface area (Å²) in [4.78, 5) is 2.27. The highest BCUT2D eigenvalue weighted by Crippen LogP contribution is 2.26. The third-order valence-corrected chi connectivity index (χ3v) is 3.07. The first-order chi connectivity index (χ1) is 7.20. The lowest BCUT2D eigenvalue weighted by molar-refractivity contribution is 0.320. The molecular weight excluding hydrogens is 191 g/mol. The Morgan fingerprint density at radius 3 is 3.00 bits per heavy atom. The van der Waals surface area contributed by atoms with Crippen LogP contribution >= 0.6 is 0 Å². The first-order valence-electron chi connectivity index (χ1n) is 5.35. The molecule has 82 valence electrons. The SMILES string of the molecule is CN[C@H]1CCN(C)Cc2ccc(F)cc21. The van der Waals surface area contributed by atoms with Crippen LogP contribution in [0, 0.1) is 5.82 Å². The van der Waals surface area contributed by atoms with E-state index in [2.05, 4.69) is 17.3 Å². The lowest BCUT2D eigenvalue weighted by atomic mass is 9.99. The minimum absolute atomic E-state index is 0.140. The molecular formula is C12H17FN2. The molecule has 3 heteroatoms. The number of nitrogens with zero attached hydrogens (tertiary/aromatic N) is 1. The minimum atomic E-state index is -0.140. The van der Waals surface area contributed by atoms with E-state index in [9.17, 15) is 4.39 Å². The maximum absolute atomic E-state index is 13.2. The summed E-state index contributed by atoms with van der Waals surface area (Å²) in [6.45, 7) is 1.95. The topological polar surface area (TPSA) is 15.3 Å². The molecule has 0 fully saturated rings. The molecule has 0 amide bonds. The van der Waals surface area contributed by atoms with E-state index in [4.69, 9.17) is 0 Å². The summed E-state index contributed by atoms with van der Waals surface area (Å²) in [5, 5.41) is 3.25. The van der Waals surface area contributed by atoms with Gasteiger partial charge >= 0.3 is 0 Å². The van der Waals surface area contributed by atoms with E-state index in [-0.39, 0.29) is 11.9 Å². The number of nitrogens with one attached hydrogen (secondary N) is 1. The van der Waals surface area contributed by atoms with Crippen LogP contribution in [0.2, 0.25) is 0 Å². The fourth-order valence-electron chi connectivity index (χ4n) is 2.21. The fourth-order valence-corrected chi connectivity index (χ4v) is 2.21. The van der Waals surface area contributed by atoms with Crippen LogP contribution in [-0.2, 0) is 6.54 Å². The Kier molecular flexibility index (Phi) is 3.03. The van der Waals surface area contributed by atoms with Crippen molar-refractivity contribution in [3.63, 3.8) is 0 Å². The van der Waals surface area contributed by atoms with Gasteiger partial charge in [-0.3, -0.25) is 0 Å². The predicted octanol–water partition coefficient (Wildman–Crippen LogP) is 1.92. The molecule has 15 heavy (non-hydrogen) atoms. The van der Waals surface area contributed by atoms with Gasteiger partial charge in [-0.15, -0.1) is 0 Å². The molecule has 1 aromatic carbocycles. The average Bonchev–Trinajstić information content (AvgIpc) is 2.37. The lowest BCUT2D eigenvalue weighted by Gasteiger charge is -2.16. The molecule has 1 N–H and O–H groups in total. The molecule has 0 aromatic heterocycles. The summed E-state index contributed by atoms with van der Waals surface area (Å²) < 4.78 is 13.2. The van der Waals surface area contributed by atoms with Crippen LogP contribution in [0.3, 0.4) is 0 Å². The van der Waals surface area contributed by atoms with E-state index in [1.807, 2.05) is 13.1 Å². The second-order valence-corrected chi connectivity index (χ2v) is 4.21. The summed E-state index contributed by atoms with van der Waals surface area (Å²) >= 11 is 0. The number of hydrogen-bond acceptors (Lipinski definition) is 2. The summed E-state index contributed by atoms with van der Waals surface area (Å²) in [7, 11) is 4.04. The molecule has 0 radical (unpaired) electrons. The molecule has 0 bridgehead atoms. The van der Waals surface area contributed by atoms with E-state index in [0.29, 0.717) is 0 Å². The molecule has 0 saturated carbocycles. The van der Waals surface area contributed by atoms with Gasteiger partial charge in [-0.2, -0.15) is 0 Å². The van der Waals surface area contributed by atoms with Crippen molar-refractivity contribution in [2.75, 3.05) is 20.6 Å². The number of fused-ring (bicyclic) bond motifs is 1. The van der Waals surface area contributed by atoms with Gasteiger partial charge in [-0.05, 0) is 50.3 Å². The average molecular weight is 208 g/mol. The van der Waals surface area contributed by atoms with Crippen LogP contribution in [0.1, 0.15) is 23.6 Å². The Balaban J connectivity index is 2.41. The van der Waals surface area contributed by atoms with E-state index >= 15 is 0 Å². The van der Waals surface area contributed by atoms with E-state index in [0.717, 1.165) is 25.1 Å². The van der Waals surface area contributed by atoms with Gasteiger partial charge in [-0.1, -0.05) is 6.07 Å². The van der Waals surface area contributed by atoms with Crippen LogP contribution in [0.15, 0.2) is 18.2 Å². The van der Waals surface area contributed by atoms with E-state index in [1.165, 1.54) is 5.56 Å². The first kappa shape index (κ1) is 10.6. The van der Waals surface area contributed by atoms with Crippen molar-refractivity contribution in [3.8, 4) is 0 Å². The van der Waals surface area contributed by atoms with Gasteiger partial charge in [0.2, 0.25) is 0 Å².